The van der Waals surface area contributed by atoms with Crippen LogP contribution >= 0.6 is 23.8 Å². The number of nitrogens with one attached hydrogen (secondary N) is 1. The summed E-state index contributed by atoms with van der Waals surface area (Å²) in [6, 6.07) is 15.5. The maximum Gasteiger partial charge on any atom is 0.120 e. The van der Waals surface area contributed by atoms with E-state index in [2.05, 4.69) is 5.32 Å². The van der Waals surface area contributed by atoms with Crippen LogP contribution in [0.5, 0.6) is 5.75 Å². The van der Waals surface area contributed by atoms with Gasteiger partial charge in [-0.15, -0.1) is 0 Å². The topological polar surface area (TPSA) is 30.5 Å². The molecule has 126 valence electrons. The van der Waals surface area contributed by atoms with Crippen LogP contribution in [-0.4, -0.2) is 24.2 Å². The molecule has 24 heavy (non-hydrogen) atoms. The molecule has 2 aromatic rings. The van der Waals surface area contributed by atoms with Gasteiger partial charge in [-0.3, -0.25) is 0 Å². The summed E-state index contributed by atoms with van der Waals surface area (Å²) in [5.74, 6) is 0.795. The molecule has 1 aliphatic rings. The molecule has 0 unspecified atom stereocenters. The summed E-state index contributed by atoms with van der Waals surface area (Å²) >= 11 is 11.4. The van der Waals surface area contributed by atoms with Crippen molar-refractivity contribution in [1.82, 2.24) is 5.32 Å². The molecule has 1 aliphatic heterocycles. The Morgan fingerprint density at radius 1 is 1.25 bits per heavy atom. The molecule has 0 aliphatic carbocycles. The summed E-state index contributed by atoms with van der Waals surface area (Å²) in [4.78, 5) is 0.724. The molecule has 0 saturated carbocycles. The maximum atomic E-state index is 5.89. The average molecular weight is 362 g/mol. The van der Waals surface area contributed by atoms with E-state index in [1.807, 2.05) is 48.5 Å². The van der Waals surface area contributed by atoms with Crippen LogP contribution in [0.2, 0.25) is 5.02 Å². The highest BCUT2D eigenvalue weighted by molar-refractivity contribution is 7.80. The van der Waals surface area contributed by atoms with Crippen molar-refractivity contribution in [3.63, 3.8) is 0 Å². The number of hydrogen-bond acceptors (Lipinski definition) is 3. The van der Waals surface area contributed by atoms with Gasteiger partial charge >= 0.3 is 0 Å². The van der Waals surface area contributed by atoms with E-state index < -0.39 is 0 Å². The Morgan fingerprint density at radius 2 is 2.08 bits per heavy atom. The first kappa shape index (κ1) is 17.2. The minimum atomic E-state index is 0.271. The molecule has 0 bridgehead atoms. The van der Waals surface area contributed by atoms with Gasteiger partial charge in [-0.1, -0.05) is 48.1 Å². The quantitative estimate of drug-likeness (QED) is 0.774. The van der Waals surface area contributed by atoms with Crippen LogP contribution in [0.4, 0.5) is 0 Å². The van der Waals surface area contributed by atoms with Crippen molar-refractivity contribution in [2.45, 2.75) is 25.6 Å². The molecule has 3 nitrogen and oxygen atoms in total. The number of benzene rings is 2. The molecule has 1 heterocycles. The first-order valence-electron chi connectivity index (χ1n) is 8.08. The Bertz CT molecular complexity index is 684. The van der Waals surface area contributed by atoms with E-state index in [-0.39, 0.29) is 6.10 Å². The average Bonchev–Trinajstić information content (AvgIpc) is 3.13. The van der Waals surface area contributed by atoms with Crippen molar-refractivity contribution in [2.24, 2.45) is 0 Å². The van der Waals surface area contributed by atoms with Crippen molar-refractivity contribution < 1.29 is 9.47 Å². The first-order chi connectivity index (χ1) is 11.7. The fraction of sp³-hybridized carbons (Fsp3) is 0.316. The van der Waals surface area contributed by atoms with E-state index in [1.165, 1.54) is 0 Å². The Balaban J connectivity index is 1.54. The monoisotopic (exact) mass is 361 g/mol. The molecule has 1 N–H and O–H groups in total. The molecule has 2 aromatic carbocycles. The Hall–Kier alpha value is -1.62. The zero-order valence-corrected chi connectivity index (χ0v) is 14.9. The van der Waals surface area contributed by atoms with E-state index in [1.54, 1.807) is 0 Å². The van der Waals surface area contributed by atoms with E-state index in [4.69, 9.17) is 33.3 Å². The van der Waals surface area contributed by atoms with Crippen LogP contribution in [0.15, 0.2) is 48.5 Å². The largest absolute Gasteiger partial charge is 0.489 e. The smallest absolute Gasteiger partial charge is 0.120 e. The summed E-state index contributed by atoms with van der Waals surface area (Å²) in [6.45, 7) is 2.11. The van der Waals surface area contributed by atoms with Crippen LogP contribution in [0.1, 0.15) is 24.0 Å². The van der Waals surface area contributed by atoms with Gasteiger partial charge in [0.25, 0.3) is 0 Å². The molecule has 0 spiro atoms. The van der Waals surface area contributed by atoms with Gasteiger partial charge in [-0.05, 0) is 42.7 Å². The number of halogens is 1. The highest BCUT2D eigenvalue weighted by atomic mass is 35.5. The second-order valence-electron chi connectivity index (χ2n) is 5.79. The zero-order valence-electron chi connectivity index (χ0n) is 13.3. The van der Waals surface area contributed by atoms with Gasteiger partial charge in [0.1, 0.15) is 17.3 Å². The van der Waals surface area contributed by atoms with Gasteiger partial charge in [0.05, 0.1) is 6.10 Å². The summed E-state index contributed by atoms with van der Waals surface area (Å²) in [5.41, 5.74) is 2.03. The predicted octanol–water partition coefficient (Wildman–Crippen LogP) is 4.36. The lowest BCUT2D eigenvalue weighted by Gasteiger charge is -2.13. The number of hydrogen-bond donors (Lipinski definition) is 1. The van der Waals surface area contributed by atoms with Crippen molar-refractivity contribution in [2.75, 3.05) is 13.2 Å². The molecule has 1 fully saturated rings. The minimum Gasteiger partial charge on any atom is -0.489 e. The lowest BCUT2D eigenvalue weighted by Crippen LogP contribution is -2.31. The SMILES string of the molecule is S=C(NC[C@@H]1CCCO1)c1cccc(OCc2ccc(Cl)cc2)c1. The van der Waals surface area contributed by atoms with E-state index >= 15 is 0 Å². The van der Waals surface area contributed by atoms with Gasteiger partial charge in [-0.25, -0.2) is 0 Å². The summed E-state index contributed by atoms with van der Waals surface area (Å²) in [6.07, 6.45) is 2.50. The van der Waals surface area contributed by atoms with Crippen molar-refractivity contribution in [3.8, 4) is 5.75 Å². The molecular weight excluding hydrogens is 342 g/mol. The molecule has 5 heteroatoms. The van der Waals surface area contributed by atoms with Gasteiger partial charge in [0, 0.05) is 23.7 Å². The van der Waals surface area contributed by atoms with E-state index in [9.17, 15) is 0 Å². The molecule has 0 amide bonds. The molecule has 1 atom stereocenters. The van der Waals surface area contributed by atoms with Crippen LogP contribution in [0.3, 0.4) is 0 Å². The second-order valence-corrected chi connectivity index (χ2v) is 6.63. The molecule has 3 rings (SSSR count). The molecule has 0 radical (unpaired) electrons. The third-order valence-corrected chi connectivity index (χ3v) is 4.56. The lowest BCUT2D eigenvalue weighted by molar-refractivity contribution is 0.114. The van der Waals surface area contributed by atoms with Crippen LogP contribution in [0.25, 0.3) is 0 Å². The number of thiocarbonyl (C=S) groups is 1. The lowest BCUT2D eigenvalue weighted by atomic mass is 10.2. The summed E-state index contributed by atoms with van der Waals surface area (Å²) < 4.78 is 11.4. The van der Waals surface area contributed by atoms with E-state index in [0.717, 1.165) is 52.9 Å². The summed E-state index contributed by atoms with van der Waals surface area (Å²) in [5, 5.41) is 4.01. The van der Waals surface area contributed by atoms with Crippen molar-refractivity contribution in [3.05, 3.63) is 64.7 Å². The normalized spacial score (nSPS) is 16.8. The molecule has 1 saturated heterocycles. The number of ether oxygens (including phenoxy) is 2. The fourth-order valence-electron chi connectivity index (χ4n) is 2.59. The van der Waals surface area contributed by atoms with Gasteiger partial charge in [0.2, 0.25) is 0 Å². The van der Waals surface area contributed by atoms with Crippen LogP contribution in [-0.2, 0) is 11.3 Å². The Kier molecular flexibility index (Phi) is 6.07. The highest BCUT2D eigenvalue weighted by Gasteiger charge is 2.15. The van der Waals surface area contributed by atoms with Crippen LogP contribution < -0.4 is 10.1 Å². The van der Waals surface area contributed by atoms with Gasteiger partial charge < -0.3 is 14.8 Å². The third-order valence-electron chi connectivity index (χ3n) is 3.93. The fourth-order valence-corrected chi connectivity index (χ4v) is 2.92. The summed E-state index contributed by atoms with van der Waals surface area (Å²) in [7, 11) is 0. The Labute approximate surface area is 152 Å². The van der Waals surface area contributed by atoms with Crippen molar-refractivity contribution >= 4 is 28.8 Å². The first-order valence-corrected chi connectivity index (χ1v) is 8.86. The van der Waals surface area contributed by atoms with E-state index in [0.29, 0.717) is 6.61 Å². The predicted molar refractivity (Wildman–Crippen MR) is 101 cm³/mol. The highest BCUT2D eigenvalue weighted by Crippen LogP contribution is 2.17. The minimum absolute atomic E-state index is 0.271. The zero-order chi connectivity index (χ0) is 16.8. The molecule has 0 aromatic heterocycles. The maximum absolute atomic E-state index is 5.89. The van der Waals surface area contributed by atoms with Crippen LogP contribution in [0, 0.1) is 0 Å². The third kappa shape index (κ3) is 4.94. The Morgan fingerprint density at radius 3 is 2.83 bits per heavy atom. The molecular formula is C19H20ClNO2S. The second kappa shape index (κ2) is 8.47. The van der Waals surface area contributed by atoms with Gasteiger partial charge in [-0.2, -0.15) is 0 Å². The number of rotatable bonds is 6. The standard InChI is InChI=1S/C19H20ClNO2S/c20-16-8-6-14(7-9-16)13-23-17-4-1-3-15(11-17)19(24)21-12-18-5-2-10-22-18/h1,3-4,6-9,11,18H,2,5,10,12-13H2,(H,21,24)/t18-/m0/s1. The van der Waals surface area contributed by atoms with Crippen molar-refractivity contribution in [1.29, 1.82) is 0 Å². The van der Waals surface area contributed by atoms with Gasteiger partial charge in [0.15, 0.2) is 0 Å².